The molecule has 160 valence electrons. The Morgan fingerprint density at radius 1 is 0.600 bits per heavy atom. The maximum absolute atomic E-state index is 2.92. The van der Waals surface area contributed by atoms with Crippen molar-refractivity contribution in [1.82, 2.24) is 9.80 Å². The fourth-order valence-corrected chi connectivity index (χ4v) is 6.63. The molecular formula is C28H38N2. The first-order valence-electron chi connectivity index (χ1n) is 12.4. The molecule has 0 amide bonds. The third-order valence-corrected chi connectivity index (χ3v) is 8.16. The van der Waals surface area contributed by atoms with Crippen molar-refractivity contribution in [3.05, 3.63) is 71.8 Å². The zero-order valence-electron chi connectivity index (χ0n) is 18.6. The highest BCUT2D eigenvalue weighted by atomic mass is 15.4. The molecule has 5 rings (SSSR count). The molecule has 0 radical (unpaired) electrons. The molecule has 0 spiro atoms. The number of benzene rings is 2. The van der Waals surface area contributed by atoms with Crippen LogP contribution >= 0.6 is 0 Å². The van der Waals surface area contributed by atoms with E-state index in [0.29, 0.717) is 18.1 Å². The van der Waals surface area contributed by atoms with E-state index < -0.39 is 0 Å². The first-order valence-corrected chi connectivity index (χ1v) is 12.4. The molecule has 1 heterocycles. The van der Waals surface area contributed by atoms with Crippen LogP contribution in [-0.2, 0) is 0 Å². The van der Waals surface area contributed by atoms with Crippen molar-refractivity contribution < 1.29 is 0 Å². The molecule has 0 bridgehead atoms. The van der Waals surface area contributed by atoms with E-state index in [1.54, 1.807) is 0 Å². The predicted octanol–water partition coefficient (Wildman–Crippen LogP) is 6.96. The van der Waals surface area contributed by atoms with Crippen LogP contribution in [0.25, 0.3) is 0 Å². The maximum atomic E-state index is 2.92. The Kier molecular flexibility index (Phi) is 6.24. The second-order valence-electron chi connectivity index (χ2n) is 10.0. The van der Waals surface area contributed by atoms with E-state index in [1.807, 2.05) is 0 Å². The molecule has 3 aliphatic rings. The van der Waals surface area contributed by atoms with Crippen LogP contribution in [0, 0.1) is 5.92 Å². The highest BCUT2D eigenvalue weighted by molar-refractivity contribution is 5.30. The largest absolute Gasteiger partial charge is 0.279 e. The number of rotatable bonds is 4. The van der Waals surface area contributed by atoms with E-state index in [0.717, 1.165) is 18.6 Å². The van der Waals surface area contributed by atoms with Gasteiger partial charge in [-0.05, 0) is 42.7 Å². The molecule has 1 aliphatic heterocycles. The molecule has 1 unspecified atom stereocenters. The summed E-state index contributed by atoms with van der Waals surface area (Å²) in [6.07, 6.45) is 12.5. The lowest BCUT2D eigenvalue weighted by molar-refractivity contribution is 0.0756. The van der Waals surface area contributed by atoms with E-state index in [2.05, 4.69) is 77.4 Å². The SMILES string of the molecule is C[C@@H]1CCCCC1N1CN(C2CCCCC2)[C@H](c2ccccc2)[C@H]1c1ccccc1. The lowest BCUT2D eigenvalue weighted by Gasteiger charge is -2.40. The van der Waals surface area contributed by atoms with Crippen molar-refractivity contribution in [2.75, 3.05) is 6.67 Å². The summed E-state index contributed by atoms with van der Waals surface area (Å²) in [5.74, 6) is 0.799. The summed E-state index contributed by atoms with van der Waals surface area (Å²) in [6, 6.07) is 25.2. The van der Waals surface area contributed by atoms with Gasteiger partial charge in [-0.2, -0.15) is 0 Å². The first-order chi connectivity index (χ1) is 14.8. The highest BCUT2D eigenvalue weighted by Crippen LogP contribution is 2.49. The zero-order chi connectivity index (χ0) is 20.3. The van der Waals surface area contributed by atoms with Crippen LogP contribution < -0.4 is 0 Å². The van der Waals surface area contributed by atoms with Crippen molar-refractivity contribution >= 4 is 0 Å². The summed E-state index contributed by atoms with van der Waals surface area (Å²) in [6.45, 7) is 3.64. The summed E-state index contributed by atoms with van der Waals surface area (Å²) < 4.78 is 0. The van der Waals surface area contributed by atoms with Crippen LogP contribution in [-0.4, -0.2) is 28.6 Å². The van der Waals surface area contributed by atoms with Gasteiger partial charge in [0.05, 0.1) is 18.8 Å². The quantitative estimate of drug-likeness (QED) is 0.545. The van der Waals surface area contributed by atoms with Gasteiger partial charge in [0, 0.05) is 12.1 Å². The lowest BCUT2D eigenvalue weighted by Crippen LogP contribution is -2.43. The summed E-state index contributed by atoms with van der Waals surface area (Å²) in [7, 11) is 0. The van der Waals surface area contributed by atoms with Crippen LogP contribution in [0.2, 0.25) is 0 Å². The van der Waals surface area contributed by atoms with Crippen molar-refractivity contribution in [2.45, 2.75) is 88.9 Å². The smallest absolute Gasteiger partial charge is 0.0561 e. The Bertz CT molecular complexity index is 783. The fourth-order valence-electron chi connectivity index (χ4n) is 6.63. The Labute approximate surface area is 183 Å². The Morgan fingerprint density at radius 2 is 1.13 bits per heavy atom. The van der Waals surface area contributed by atoms with E-state index in [1.165, 1.54) is 68.9 Å². The van der Waals surface area contributed by atoms with Gasteiger partial charge < -0.3 is 0 Å². The summed E-state index contributed by atoms with van der Waals surface area (Å²) >= 11 is 0. The molecule has 2 aromatic carbocycles. The molecule has 0 N–H and O–H groups in total. The second kappa shape index (κ2) is 9.24. The van der Waals surface area contributed by atoms with Gasteiger partial charge in [0.2, 0.25) is 0 Å². The van der Waals surface area contributed by atoms with Crippen molar-refractivity contribution in [3.8, 4) is 0 Å². The average Bonchev–Trinajstić information content (AvgIpc) is 3.21. The zero-order valence-corrected chi connectivity index (χ0v) is 18.6. The van der Waals surface area contributed by atoms with Crippen molar-refractivity contribution in [1.29, 1.82) is 0 Å². The summed E-state index contributed by atoms with van der Waals surface area (Å²) in [4.78, 5) is 5.83. The number of nitrogens with zero attached hydrogens (tertiary/aromatic N) is 2. The minimum Gasteiger partial charge on any atom is -0.279 e. The molecule has 2 nitrogen and oxygen atoms in total. The van der Waals surface area contributed by atoms with E-state index in [9.17, 15) is 0 Å². The Morgan fingerprint density at radius 3 is 1.73 bits per heavy atom. The first kappa shape index (κ1) is 20.3. The monoisotopic (exact) mass is 402 g/mol. The minimum atomic E-state index is 0.459. The lowest BCUT2D eigenvalue weighted by atomic mass is 9.83. The van der Waals surface area contributed by atoms with Gasteiger partial charge in [0.15, 0.2) is 0 Å². The molecule has 3 fully saturated rings. The summed E-state index contributed by atoms with van der Waals surface area (Å²) in [5.41, 5.74) is 3.00. The standard InChI is InChI=1S/C28H38N2/c1-22-13-11-12-20-26(22)30-21-29(25-18-9-4-10-19-25)27(23-14-5-2-6-15-23)28(30)24-16-7-3-8-17-24/h2-3,5-8,14-17,22,25-28H,4,9-13,18-21H2,1H3/t22-,26?,27-,28-/m1/s1. The highest BCUT2D eigenvalue weighted by Gasteiger charge is 2.47. The normalized spacial score (nSPS) is 31.8. The van der Waals surface area contributed by atoms with Crippen molar-refractivity contribution in [3.63, 3.8) is 0 Å². The van der Waals surface area contributed by atoms with Crippen molar-refractivity contribution in [2.24, 2.45) is 5.92 Å². The fraction of sp³-hybridized carbons (Fsp3) is 0.571. The van der Waals surface area contributed by atoms with Gasteiger partial charge in [0.25, 0.3) is 0 Å². The van der Waals surface area contributed by atoms with E-state index in [4.69, 9.17) is 0 Å². The molecule has 0 aromatic heterocycles. The van der Waals surface area contributed by atoms with Gasteiger partial charge in [-0.1, -0.05) is 99.7 Å². The maximum Gasteiger partial charge on any atom is 0.0561 e. The molecule has 2 aromatic rings. The molecule has 1 saturated heterocycles. The van der Waals surface area contributed by atoms with E-state index in [-0.39, 0.29) is 0 Å². The Balaban J connectivity index is 1.57. The third-order valence-electron chi connectivity index (χ3n) is 8.16. The van der Waals surface area contributed by atoms with Crippen LogP contribution in [0.3, 0.4) is 0 Å². The Hall–Kier alpha value is -1.64. The van der Waals surface area contributed by atoms with Crippen LogP contribution in [0.4, 0.5) is 0 Å². The van der Waals surface area contributed by atoms with Gasteiger partial charge in [0.1, 0.15) is 0 Å². The second-order valence-corrected chi connectivity index (χ2v) is 10.0. The van der Waals surface area contributed by atoms with Crippen LogP contribution in [0.15, 0.2) is 60.7 Å². The van der Waals surface area contributed by atoms with Gasteiger partial charge in [-0.15, -0.1) is 0 Å². The molecule has 2 saturated carbocycles. The molecule has 2 heteroatoms. The summed E-state index contributed by atoms with van der Waals surface area (Å²) in [5, 5.41) is 0. The van der Waals surface area contributed by atoms with Gasteiger partial charge in [-0.25, -0.2) is 0 Å². The number of hydrogen-bond donors (Lipinski definition) is 0. The topological polar surface area (TPSA) is 6.48 Å². The minimum absolute atomic E-state index is 0.459. The molecule has 30 heavy (non-hydrogen) atoms. The van der Waals surface area contributed by atoms with E-state index >= 15 is 0 Å². The average molecular weight is 403 g/mol. The van der Waals surface area contributed by atoms with Gasteiger partial charge in [-0.3, -0.25) is 9.80 Å². The predicted molar refractivity (Wildman–Crippen MR) is 125 cm³/mol. The van der Waals surface area contributed by atoms with Crippen LogP contribution in [0.1, 0.15) is 87.9 Å². The number of hydrogen-bond acceptors (Lipinski definition) is 2. The van der Waals surface area contributed by atoms with Gasteiger partial charge >= 0.3 is 0 Å². The third kappa shape index (κ3) is 3.97. The van der Waals surface area contributed by atoms with Crippen LogP contribution in [0.5, 0.6) is 0 Å². The molecule has 4 atom stereocenters. The molecule has 2 aliphatic carbocycles. The molecular weight excluding hydrogens is 364 g/mol.